The number of carbonyl (C=O) groups is 1. The van der Waals surface area contributed by atoms with Crippen LogP contribution in [0.1, 0.15) is 37.1 Å². The zero-order valence-electron chi connectivity index (χ0n) is 14.8. The molecule has 1 saturated carbocycles. The van der Waals surface area contributed by atoms with Crippen LogP contribution in [0.2, 0.25) is 0 Å². The lowest BCUT2D eigenvalue weighted by atomic mass is 9.87. The minimum Gasteiger partial charge on any atom is -0.489 e. The predicted octanol–water partition coefficient (Wildman–Crippen LogP) is 2.27. The molecular weight excluding hydrogens is 334 g/mol. The fourth-order valence-corrected chi connectivity index (χ4v) is 3.31. The normalized spacial score (nSPS) is 19.7. The summed E-state index contributed by atoms with van der Waals surface area (Å²) >= 11 is 0. The van der Waals surface area contributed by atoms with Crippen molar-refractivity contribution < 1.29 is 14.6 Å². The maximum absolute atomic E-state index is 11.2. The largest absolute Gasteiger partial charge is 0.489 e. The minimum absolute atomic E-state index is 0.109. The molecule has 1 N–H and O–H groups in total. The van der Waals surface area contributed by atoms with Crippen LogP contribution < -0.4 is 4.74 Å². The van der Waals surface area contributed by atoms with Crippen LogP contribution >= 0.6 is 0 Å². The van der Waals surface area contributed by atoms with E-state index >= 15 is 0 Å². The summed E-state index contributed by atoms with van der Waals surface area (Å²) in [6.07, 6.45) is 3.02. The fourth-order valence-electron chi connectivity index (χ4n) is 3.31. The first-order valence-corrected chi connectivity index (χ1v) is 8.62. The van der Waals surface area contributed by atoms with Crippen molar-refractivity contribution in [3.05, 3.63) is 23.5 Å². The molecule has 2 unspecified atom stereocenters. The van der Waals surface area contributed by atoms with Crippen molar-refractivity contribution in [1.29, 1.82) is 5.26 Å². The molecular formula is C18H21N5O3. The van der Waals surface area contributed by atoms with Crippen molar-refractivity contribution >= 4 is 5.97 Å². The Kier molecular flexibility index (Phi) is 5.16. The summed E-state index contributed by atoms with van der Waals surface area (Å²) < 4.78 is 7.60. The number of pyridine rings is 1. The van der Waals surface area contributed by atoms with Crippen LogP contribution in [-0.2, 0) is 18.3 Å². The monoisotopic (exact) mass is 355 g/mol. The van der Waals surface area contributed by atoms with E-state index in [-0.39, 0.29) is 18.4 Å². The molecule has 2 aromatic rings. The summed E-state index contributed by atoms with van der Waals surface area (Å²) in [6, 6.07) is 5.74. The number of ether oxygens (including phenoxy) is 1. The molecule has 1 aliphatic rings. The summed E-state index contributed by atoms with van der Waals surface area (Å²) in [5, 5.41) is 26.3. The Morgan fingerprint density at radius 3 is 2.96 bits per heavy atom. The van der Waals surface area contributed by atoms with E-state index in [1.807, 2.05) is 13.0 Å². The number of nitrogens with zero attached hydrogens (tertiary/aromatic N) is 5. The number of nitriles is 1. The Morgan fingerprint density at radius 1 is 1.46 bits per heavy atom. The van der Waals surface area contributed by atoms with E-state index in [1.165, 1.54) is 0 Å². The maximum Gasteiger partial charge on any atom is 0.306 e. The van der Waals surface area contributed by atoms with E-state index < -0.39 is 5.97 Å². The summed E-state index contributed by atoms with van der Waals surface area (Å²) in [6.45, 7) is 1.84. The Bertz CT molecular complexity index is 855. The molecule has 0 aromatic carbocycles. The highest BCUT2D eigenvalue weighted by Gasteiger charge is 2.28. The van der Waals surface area contributed by atoms with Gasteiger partial charge in [-0.25, -0.2) is 4.98 Å². The van der Waals surface area contributed by atoms with Crippen LogP contribution in [0.4, 0.5) is 0 Å². The van der Waals surface area contributed by atoms with Gasteiger partial charge in [-0.2, -0.15) is 5.26 Å². The van der Waals surface area contributed by atoms with Crippen LogP contribution in [-0.4, -0.2) is 37.2 Å². The number of carboxylic acid groups (broad SMARTS) is 1. The standard InChI is InChI=1S/C18H21N5O3/c1-11-16(26-13-5-3-4-12(10-13)18(24)25)7-6-14(20-11)17-15(8-9-19)23(2)22-21-17/h6-7,12-13H,3-5,8,10H2,1-2H3,(H,24,25). The van der Waals surface area contributed by atoms with E-state index in [0.29, 0.717) is 41.4 Å². The maximum atomic E-state index is 11.2. The van der Waals surface area contributed by atoms with E-state index in [9.17, 15) is 9.90 Å². The Balaban J connectivity index is 1.78. The lowest BCUT2D eigenvalue weighted by Crippen LogP contribution is -2.29. The molecule has 3 rings (SSSR count). The van der Waals surface area contributed by atoms with Gasteiger partial charge in [-0.05, 0) is 44.7 Å². The number of hydrogen-bond donors (Lipinski definition) is 1. The molecule has 2 aromatic heterocycles. The third-order valence-corrected chi connectivity index (χ3v) is 4.74. The van der Waals surface area contributed by atoms with Crippen molar-refractivity contribution in [2.75, 3.05) is 0 Å². The van der Waals surface area contributed by atoms with Crippen LogP contribution in [0.3, 0.4) is 0 Å². The molecule has 1 fully saturated rings. The molecule has 26 heavy (non-hydrogen) atoms. The number of aryl methyl sites for hydroxylation is 2. The second-order valence-corrected chi connectivity index (χ2v) is 6.56. The van der Waals surface area contributed by atoms with Crippen molar-refractivity contribution in [3.63, 3.8) is 0 Å². The van der Waals surface area contributed by atoms with Gasteiger partial charge in [-0.1, -0.05) is 5.21 Å². The number of rotatable bonds is 5. The fraction of sp³-hybridized carbons (Fsp3) is 0.500. The van der Waals surface area contributed by atoms with Gasteiger partial charge in [0.05, 0.1) is 41.6 Å². The minimum atomic E-state index is -0.754. The van der Waals surface area contributed by atoms with Gasteiger partial charge in [0.15, 0.2) is 0 Å². The summed E-state index contributed by atoms with van der Waals surface area (Å²) in [7, 11) is 1.75. The first-order valence-electron chi connectivity index (χ1n) is 8.62. The molecule has 0 bridgehead atoms. The van der Waals surface area contributed by atoms with Crippen LogP contribution in [0, 0.1) is 24.2 Å². The van der Waals surface area contributed by atoms with Gasteiger partial charge in [-0.3, -0.25) is 9.48 Å². The molecule has 0 saturated heterocycles. The third-order valence-electron chi connectivity index (χ3n) is 4.74. The SMILES string of the molecule is Cc1nc(-c2nnn(C)c2CC#N)ccc1OC1CCCC(C(=O)O)C1. The molecule has 0 amide bonds. The van der Waals surface area contributed by atoms with Crippen LogP contribution in [0.5, 0.6) is 5.75 Å². The van der Waals surface area contributed by atoms with Gasteiger partial charge >= 0.3 is 5.97 Å². The van der Waals surface area contributed by atoms with Gasteiger partial charge in [0, 0.05) is 7.05 Å². The second-order valence-electron chi connectivity index (χ2n) is 6.56. The highest BCUT2D eigenvalue weighted by atomic mass is 16.5. The highest BCUT2D eigenvalue weighted by Crippen LogP contribution is 2.30. The highest BCUT2D eigenvalue weighted by molar-refractivity contribution is 5.70. The Morgan fingerprint density at radius 2 is 2.27 bits per heavy atom. The van der Waals surface area contributed by atoms with Gasteiger partial charge in [-0.15, -0.1) is 5.10 Å². The van der Waals surface area contributed by atoms with E-state index in [1.54, 1.807) is 17.8 Å². The summed E-state index contributed by atoms with van der Waals surface area (Å²) in [5.74, 6) is -0.443. The summed E-state index contributed by atoms with van der Waals surface area (Å²) in [5.41, 5.74) is 2.64. The van der Waals surface area contributed by atoms with E-state index in [2.05, 4.69) is 21.4 Å². The van der Waals surface area contributed by atoms with Gasteiger partial charge in [0.25, 0.3) is 0 Å². The Labute approximate surface area is 151 Å². The molecule has 1 aliphatic carbocycles. The van der Waals surface area contributed by atoms with Crippen molar-refractivity contribution in [2.45, 2.75) is 45.1 Å². The summed E-state index contributed by atoms with van der Waals surface area (Å²) in [4.78, 5) is 15.8. The quantitative estimate of drug-likeness (QED) is 0.875. The average molecular weight is 355 g/mol. The smallest absolute Gasteiger partial charge is 0.306 e. The first-order chi connectivity index (χ1) is 12.5. The van der Waals surface area contributed by atoms with Crippen molar-refractivity contribution in [3.8, 4) is 23.2 Å². The van der Waals surface area contributed by atoms with Crippen molar-refractivity contribution in [2.24, 2.45) is 13.0 Å². The zero-order chi connectivity index (χ0) is 18.7. The lowest BCUT2D eigenvalue weighted by Gasteiger charge is -2.27. The second kappa shape index (κ2) is 7.52. The van der Waals surface area contributed by atoms with E-state index in [0.717, 1.165) is 12.8 Å². The molecule has 136 valence electrons. The molecule has 2 heterocycles. The average Bonchev–Trinajstić information content (AvgIpc) is 2.98. The topological polar surface area (TPSA) is 114 Å². The third kappa shape index (κ3) is 3.67. The van der Waals surface area contributed by atoms with Crippen LogP contribution in [0.15, 0.2) is 12.1 Å². The van der Waals surface area contributed by atoms with E-state index in [4.69, 9.17) is 10.00 Å². The van der Waals surface area contributed by atoms with Gasteiger partial charge < -0.3 is 9.84 Å². The van der Waals surface area contributed by atoms with Crippen LogP contribution in [0.25, 0.3) is 11.4 Å². The predicted molar refractivity (Wildman–Crippen MR) is 92.3 cm³/mol. The molecule has 8 heteroatoms. The first kappa shape index (κ1) is 17.9. The number of aliphatic carboxylic acids is 1. The zero-order valence-corrected chi connectivity index (χ0v) is 14.8. The van der Waals surface area contributed by atoms with Gasteiger partial charge in [0.1, 0.15) is 11.4 Å². The number of aromatic nitrogens is 4. The number of hydrogen-bond acceptors (Lipinski definition) is 6. The molecule has 8 nitrogen and oxygen atoms in total. The van der Waals surface area contributed by atoms with Gasteiger partial charge in [0.2, 0.25) is 0 Å². The molecule has 0 aliphatic heterocycles. The van der Waals surface area contributed by atoms with Crippen molar-refractivity contribution in [1.82, 2.24) is 20.0 Å². The Hall–Kier alpha value is -2.95. The molecule has 2 atom stereocenters. The lowest BCUT2D eigenvalue weighted by molar-refractivity contribution is -0.143. The molecule has 0 spiro atoms. The number of carboxylic acids is 1. The molecule has 0 radical (unpaired) electrons.